The second-order valence-corrected chi connectivity index (χ2v) is 5.47. The molecule has 7 nitrogen and oxygen atoms in total. The van der Waals surface area contributed by atoms with Gasteiger partial charge in [-0.05, 0) is 30.3 Å². The zero-order valence-electron chi connectivity index (χ0n) is 13.6. The van der Waals surface area contributed by atoms with Crippen LogP contribution in [0.5, 0.6) is 0 Å². The molecule has 1 aromatic carbocycles. The molecule has 126 valence electrons. The molecular weight excluding hydrogens is 320 g/mol. The van der Waals surface area contributed by atoms with Gasteiger partial charge in [0.25, 0.3) is 5.56 Å². The van der Waals surface area contributed by atoms with E-state index in [-0.39, 0.29) is 23.8 Å². The molecule has 0 saturated heterocycles. The molecule has 2 aromatic heterocycles. The van der Waals surface area contributed by atoms with Crippen LogP contribution in [0.2, 0.25) is 0 Å². The number of hydrogen-bond acceptors (Lipinski definition) is 5. The Balaban J connectivity index is 1.79. The number of ketones is 1. The second kappa shape index (κ2) is 7.04. The maximum atomic E-state index is 12.4. The van der Waals surface area contributed by atoms with Crippen molar-refractivity contribution in [1.82, 2.24) is 14.5 Å². The van der Waals surface area contributed by atoms with Crippen LogP contribution in [0.1, 0.15) is 23.7 Å². The third-order valence-corrected chi connectivity index (χ3v) is 3.75. The fourth-order valence-corrected chi connectivity index (χ4v) is 2.36. The first-order valence-corrected chi connectivity index (χ1v) is 7.80. The number of nitrogens with one attached hydrogen (secondary N) is 1. The Kier molecular flexibility index (Phi) is 4.65. The fraction of sp³-hybridized carbons (Fsp3) is 0.167. The summed E-state index contributed by atoms with van der Waals surface area (Å²) in [6.07, 6.45) is 4.75. The molecule has 25 heavy (non-hydrogen) atoms. The summed E-state index contributed by atoms with van der Waals surface area (Å²) in [5.74, 6) is -0.312. The van der Waals surface area contributed by atoms with E-state index in [0.29, 0.717) is 28.6 Å². The summed E-state index contributed by atoms with van der Waals surface area (Å²) in [6, 6.07) is 8.15. The number of aromatic nitrogens is 3. The van der Waals surface area contributed by atoms with Gasteiger partial charge in [-0.3, -0.25) is 23.9 Å². The summed E-state index contributed by atoms with van der Waals surface area (Å²) < 4.78 is 1.28. The number of carbonyl (C=O) groups excluding carboxylic acids is 2. The lowest BCUT2D eigenvalue weighted by Crippen LogP contribution is -2.24. The first kappa shape index (κ1) is 16.5. The first-order chi connectivity index (χ1) is 12.1. The van der Waals surface area contributed by atoms with Crippen LogP contribution in [-0.4, -0.2) is 26.2 Å². The Morgan fingerprint density at radius 3 is 2.64 bits per heavy atom. The molecule has 0 spiro atoms. The standard InChI is InChI=1S/C18H16N4O3/c1-2-17(24)21-13-5-3-12(4-6-13)16(23)10-22-11-20-15-9-19-8-7-14(15)18(22)25/h3-9,11H,2,10H2,1H3,(H,21,24). The first-order valence-electron chi connectivity index (χ1n) is 7.80. The number of hydrogen-bond donors (Lipinski definition) is 1. The van der Waals surface area contributed by atoms with Crippen molar-refractivity contribution in [3.8, 4) is 0 Å². The number of pyridine rings is 1. The van der Waals surface area contributed by atoms with E-state index in [9.17, 15) is 14.4 Å². The lowest BCUT2D eigenvalue weighted by molar-refractivity contribution is -0.115. The van der Waals surface area contributed by atoms with Crippen molar-refractivity contribution >= 4 is 28.3 Å². The Morgan fingerprint density at radius 1 is 1.16 bits per heavy atom. The van der Waals surface area contributed by atoms with Gasteiger partial charge < -0.3 is 5.32 Å². The van der Waals surface area contributed by atoms with Gasteiger partial charge in [-0.1, -0.05) is 6.92 Å². The molecule has 2 heterocycles. The minimum atomic E-state index is -0.285. The summed E-state index contributed by atoms with van der Waals surface area (Å²) in [5.41, 5.74) is 1.29. The van der Waals surface area contributed by atoms with Crippen LogP contribution in [-0.2, 0) is 11.3 Å². The number of anilines is 1. The molecule has 1 N–H and O–H groups in total. The van der Waals surface area contributed by atoms with Gasteiger partial charge in [0.1, 0.15) is 0 Å². The van der Waals surface area contributed by atoms with Gasteiger partial charge in [0.05, 0.1) is 30.0 Å². The van der Waals surface area contributed by atoms with E-state index in [1.54, 1.807) is 37.3 Å². The third kappa shape index (κ3) is 3.60. The molecule has 0 atom stereocenters. The molecular formula is C18H16N4O3. The van der Waals surface area contributed by atoms with Crippen molar-refractivity contribution in [2.45, 2.75) is 19.9 Å². The van der Waals surface area contributed by atoms with Crippen molar-refractivity contribution in [2.24, 2.45) is 0 Å². The van der Waals surface area contributed by atoms with E-state index < -0.39 is 0 Å². The van der Waals surface area contributed by atoms with Gasteiger partial charge in [0.2, 0.25) is 5.91 Å². The predicted molar refractivity (Wildman–Crippen MR) is 93.5 cm³/mol. The van der Waals surface area contributed by atoms with Crippen LogP contribution in [0.15, 0.2) is 53.8 Å². The van der Waals surface area contributed by atoms with Gasteiger partial charge in [-0.25, -0.2) is 4.98 Å². The van der Waals surface area contributed by atoms with Crippen LogP contribution in [0.25, 0.3) is 10.9 Å². The molecule has 0 fully saturated rings. The molecule has 0 bridgehead atoms. The lowest BCUT2D eigenvalue weighted by Gasteiger charge is -2.07. The summed E-state index contributed by atoms with van der Waals surface area (Å²) in [7, 11) is 0. The van der Waals surface area contributed by atoms with E-state index in [1.807, 2.05) is 0 Å². The normalized spacial score (nSPS) is 10.6. The highest BCUT2D eigenvalue weighted by Crippen LogP contribution is 2.11. The van der Waals surface area contributed by atoms with Crippen molar-refractivity contribution in [2.75, 3.05) is 5.32 Å². The molecule has 3 aromatic rings. The maximum absolute atomic E-state index is 12.4. The van der Waals surface area contributed by atoms with Crippen LogP contribution in [0.3, 0.4) is 0 Å². The predicted octanol–water partition coefficient (Wildman–Crippen LogP) is 2.02. The van der Waals surface area contributed by atoms with Crippen LogP contribution >= 0.6 is 0 Å². The zero-order chi connectivity index (χ0) is 17.8. The number of Topliss-reactive ketones (excluding diaryl/α,β-unsaturated/α-hetero) is 1. The van der Waals surface area contributed by atoms with Gasteiger partial charge in [-0.15, -0.1) is 0 Å². The number of rotatable bonds is 5. The van der Waals surface area contributed by atoms with Gasteiger partial charge in [0.15, 0.2) is 5.78 Å². The molecule has 0 aliphatic heterocycles. The monoisotopic (exact) mass is 336 g/mol. The van der Waals surface area contributed by atoms with E-state index in [0.717, 1.165) is 0 Å². The summed E-state index contributed by atoms with van der Waals surface area (Å²) in [4.78, 5) is 44.2. The Bertz CT molecular complexity index is 993. The number of carbonyl (C=O) groups is 2. The molecule has 0 aliphatic rings. The van der Waals surface area contributed by atoms with Crippen LogP contribution in [0.4, 0.5) is 5.69 Å². The second-order valence-electron chi connectivity index (χ2n) is 5.47. The lowest BCUT2D eigenvalue weighted by atomic mass is 10.1. The molecule has 0 saturated carbocycles. The smallest absolute Gasteiger partial charge is 0.261 e. The topological polar surface area (TPSA) is 93.9 Å². The number of amides is 1. The highest BCUT2D eigenvalue weighted by atomic mass is 16.2. The van der Waals surface area contributed by atoms with Crippen LogP contribution in [0, 0.1) is 0 Å². The number of nitrogens with zero attached hydrogens (tertiary/aromatic N) is 3. The molecule has 0 radical (unpaired) electrons. The molecule has 3 rings (SSSR count). The average Bonchev–Trinajstić information content (AvgIpc) is 2.64. The highest BCUT2D eigenvalue weighted by molar-refractivity contribution is 5.97. The van der Waals surface area contributed by atoms with Crippen molar-refractivity contribution in [1.29, 1.82) is 0 Å². The van der Waals surface area contributed by atoms with Gasteiger partial charge in [0, 0.05) is 23.9 Å². The quantitative estimate of drug-likeness (QED) is 0.719. The SMILES string of the molecule is CCC(=O)Nc1ccc(C(=O)Cn2cnc3cnccc3c2=O)cc1. The average molecular weight is 336 g/mol. The minimum absolute atomic E-state index is 0.0950. The minimum Gasteiger partial charge on any atom is -0.326 e. The van der Waals surface area contributed by atoms with Crippen molar-refractivity contribution in [3.05, 3.63) is 65.0 Å². The van der Waals surface area contributed by atoms with E-state index in [2.05, 4.69) is 15.3 Å². The largest absolute Gasteiger partial charge is 0.326 e. The van der Waals surface area contributed by atoms with E-state index in [1.165, 1.54) is 23.3 Å². The van der Waals surface area contributed by atoms with Gasteiger partial charge in [-0.2, -0.15) is 0 Å². The molecule has 0 aliphatic carbocycles. The Morgan fingerprint density at radius 2 is 1.92 bits per heavy atom. The maximum Gasteiger partial charge on any atom is 0.261 e. The zero-order valence-corrected chi connectivity index (χ0v) is 13.6. The van der Waals surface area contributed by atoms with Crippen molar-refractivity contribution in [3.63, 3.8) is 0 Å². The number of benzene rings is 1. The van der Waals surface area contributed by atoms with Gasteiger partial charge >= 0.3 is 0 Å². The molecule has 0 unspecified atom stereocenters. The van der Waals surface area contributed by atoms with E-state index in [4.69, 9.17) is 0 Å². The van der Waals surface area contributed by atoms with Crippen molar-refractivity contribution < 1.29 is 9.59 Å². The summed E-state index contributed by atoms with van der Waals surface area (Å²) >= 11 is 0. The third-order valence-electron chi connectivity index (χ3n) is 3.75. The Labute approximate surface area is 143 Å². The molecule has 1 amide bonds. The number of fused-ring (bicyclic) bond motifs is 1. The molecule has 7 heteroatoms. The van der Waals surface area contributed by atoms with E-state index >= 15 is 0 Å². The summed E-state index contributed by atoms with van der Waals surface area (Å²) in [5, 5.41) is 3.13. The van der Waals surface area contributed by atoms with Crippen LogP contribution < -0.4 is 10.9 Å². The highest BCUT2D eigenvalue weighted by Gasteiger charge is 2.10. The summed E-state index contributed by atoms with van der Waals surface area (Å²) in [6.45, 7) is 1.66. The Hall–Kier alpha value is -3.35. The fourth-order valence-electron chi connectivity index (χ4n) is 2.36.